The van der Waals surface area contributed by atoms with Crippen molar-refractivity contribution in [2.45, 2.75) is 12.5 Å². The molecule has 1 aromatic rings. The number of anilines is 1. The Labute approximate surface area is 114 Å². The summed E-state index contributed by atoms with van der Waals surface area (Å²) in [7, 11) is 0. The molecule has 1 aliphatic rings. The van der Waals surface area contributed by atoms with E-state index >= 15 is 0 Å². The van der Waals surface area contributed by atoms with Crippen molar-refractivity contribution in [3.8, 4) is 0 Å². The summed E-state index contributed by atoms with van der Waals surface area (Å²) in [5, 5.41) is 19.5. The molecule has 0 radical (unpaired) electrons. The largest absolute Gasteiger partial charge is 0.481 e. The number of aliphatic carboxylic acids is 1. The van der Waals surface area contributed by atoms with Crippen molar-refractivity contribution in [2.24, 2.45) is 0 Å². The van der Waals surface area contributed by atoms with Crippen molar-refractivity contribution in [1.29, 1.82) is 0 Å². The van der Waals surface area contributed by atoms with Gasteiger partial charge in [0.05, 0.1) is 11.3 Å². The van der Waals surface area contributed by atoms with E-state index in [1.807, 2.05) is 4.90 Å². The number of nitro benzene ring substituents is 1. The summed E-state index contributed by atoms with van der Waals surface area (Å²) in [5.41, 5.74) is 0.891. The van der Waals surface area contributed by atoms with E-state index in [4.69, 9.17) is 5.11 Å². The minimum absolute atomic E-state index is 0.0462. The van der Waals surface area contributed by atoms with Crippen LogP contribution in [0.4, 0.5) is 11.4 Å². The number of thioether (sulfide) groups is 1. The Balaban J connectivity index is 2.17. The first-order valence-corrected chi connectivity index (χ1v) is 7.04. The third-order valence-corrected chi connectivity index (χ3v) is 4.12. The summed E-state index contributed by atoms with van der Waals surface area (Å²) in [6, 6.07) is 6.22. The second kappa shape index (κ2) is 5.92. The molecule has 1 saturated heterocycles. The molecule has 1 aromatic carbocycles. The Bertz CT molecular complexity index is 477. The average molecular weight is 282 g/mol. The van der Waals surface area contributed by atoms with Gasteiger partial charge in [-0.2, -0.15) is 11.8 Å². The molecule has 1 heterocycles. The van der Waals surface area contributed by atoms with Gasteiger partial charge in [-0.15, -0.1) is 0 Å². The normalized spacial score (nSPS) is 19.2. The van der Waals surface area contributed by atoms with Crippen molar-refractivity contribution >= 4 is 29.1 Å². The van der Waals surface area contributed by atoms with E-state index in [-0.39, 0.29) is 18.2 Å². The maximum Gasteiger partial charge on any atom is 0.305 e. The molecule has 0 spiro atoms. The molecule has 0 aromatic heterocycles. The first-order valence-electron chi connectivity index (χ1n) is 5.88. The average Bonchev–Trinajstić information content (AvgIpc) is 2.39. The number of benzene rings is 1. The first-order chi connectivity index (χ1) is 9.08. The maximum absolute atomic E-state index is 10.9. The van der Waals surface area contributed by atoms with Crippen molar-refractivity contribution in [3.05, 3.63) is 34.4 Å². The summed E-state index contributed by atoms with van der Waals surface area (Å²) in [5.74, 6) is 0.885. The standard InChI is InChI=1S/C12H14N2O4S/c15-12(16)7-11-8-19-6-5-13(11)9-1-3-10(4-2-9)14(17)18/h1-4,11H,5-8H2,(H,15,16). The van der Waals surface area contributed by atoms with Gasteiger partial charge in [-0.1, -0.05) is 0 Å². The van der Waals surface area contributed by atoms with Crippen LogP contribution in [0.2, 0.25) is 0 Å². The van der Waals surface area contributed by atoms with Crippen molar-refractivity contribution < 1.29 is 14.8 Å². The zero-order chi connectivity index (χ0) is 13.8. The van der Waals surface area contributed by atoms with E-state index in [9.17, 15) is 14.9 Å². The fraction of sp³-hybridized carbons (Fsp3) is 0.417. The second-order valence-electron chi connectivity index (χ2n) is 4.29. The Morgan fingerprint density at radius 1 is 1.47 bits per heavy atom. The molecule has 1 aliphatic heterocycles. The highest BCUT2D eigenvalue weighted by Crippen LogP contribution is 2.27. The van der Waals surface area contributed by atoms with Gasteiger partial charge in [0.2, 0.25) is 0 Å². The summed E-state index contributed by atoms with van der Waals surface area (Å²) < 4.78 is 0. The van der Waals surface area contributed by atoms with Crippen LogP contribution in [0.5, 0.6) is 0 Å². The second-order valence-corrected chi connectivity index (χ2v) is 5.44. The van der Waals surface area contributed by atoms with Crippen LogP contribution in [0.1, 0.15) is 6.42 Å². The number of nitro groups is 1. The summed E-state index contributed by atoms with van der Waals surface area (Å²) in [6.45, 7) is 0.764. The van der Waals surface area contributed by atoms with Crippen LogP contribution in [0.15, 0.2) is 24.3 Å². The zero-order valence-electron chi connectivity index (χ0n) is 10.2. The highest BCUT2D eigenvalue weighted by atomic mass is 32.2. The van der Waals surface area contributed by atoms with E-state index in [0.29, 0.717) is 0 Å². The van der Waals surface area contributed by atoms with Gasteiger partial charge in [0, 0.05) is 41.9 Å². The topological polar surface area (TPSA) is 83.7 Å². The lowest BCUT2D eigenvalue weighted by Gasteiger charge is -2.36. The number of carboxylic acid groups (broad SMARTS) is 1. The molecule has 1 atom stereocenters. The van der Waals surface area contributed by atoms with Crippen molar-refractivity contribution in [2.75, 3.05) is 23.0 Å². The zero-order valence-corrected chi connectivity index (χ0v) is 11.0. The molecular formula is C12H14N2O4S. The van der Waals surface area contributed by atoms with Crippen molar-refractivity contribution in [1.82, 2.24) is 0 Å². The van der Waals surface area contributed by atoms with E-state index in [0.717, 1.165) is 23.7 Å². The number of carboxylic acids is 1. The molecular weight excluding hydrogens is 268 g/mol. The molecule has 7 heteroatoms. The Morgan fingerprint density at radius 3 is 2.74 bits per heavy atom. The number of hydrogen-bond donors (Lipinski definition) is 1. The van der Waals surface area contributed by atoms with Crippen LogP contribution < -0.4 is 4.90 Å². The molecule has 0 saturated carbocycles. The summed E-state index contributed by atoms with van der Waals surface area (Å²) in [4.78, 5) is 23.1. The van der Waals surface area contributed by atoms with Gasteiger partial charge < -0.3 is 10.0 Å². The van der Waals surface area contributed by atoms with Crippen LogP contribution in [0.3, 0.4) is 0 Å². The molecule has 0 aliphatic carbocycles. The van der Waals surface area contributed by atoms with Gasteiger partial charge in [-0.05, 0) is 12.1 Å². The van der Waals surface area contributed by atoms with Gasteiger partial charge in [0.25, 0.3) is 5.69 Å². The SMILES string of the molecule is O=C(O)CC1CSCCN1c1ccc([N+](=O)[O-])cc1. The molecule has 0 amide bonds. The quantitative estimate of drug-likeness (QED) is 0.671. The highest BCUT2D eigenvalue weighted by molar-refractivity contribution is 7.99. The predicted molar refractivity (Wildman–Crippen MR) is 73.8 cm³/mol. The van der Waals surface area contributed by atoms with Crippen LogP contribution in [0.25, 0.3) is 0 Å². The fourth-order valence-electron chi connectivity index (χ4n) is 2.13. The van der Waals surface area contributed by atoms with E-state index in [1.165, 1.54) is 12.1 Å². The number of hydrogen-bond acceptors (Lipinski definition) is 5. The molecule has 1 N–H and O–H groups in total. The maximum atomic E-state index is 10.9. The number of carbonyl (C=O) groups is 1. The Kier molecular flexibility index (Phi) is 4.26. The molecule has 2 rings (SSSR count). The fourth-order valence-corrected chi connectivity index (χ4v) is 3.19. The molecule has 1 fully saturated rings. The van der Waals surface area contributed by atoms with Crippen LogP contribution in [0, 0.1) is 10.1 Å². The molecule has 1 unspecified atom stereocenters. The lowest BCUT2D eigenvalue weighted by Crippen LogP contribution is -2.43. The van der Waals surface area contributed by atoms with Gasteiger partial charge in [-0.3, -0.25) is 14.9 Å². The first kappa shape index (κ1) is 13.7. The van der Waals surface area contributed by atoms with Gasteiger partial charge >= 0.3 is 5.97 Å². The van der Waals surface area contributed by atoms with Gasteiger partial charge in [0.1, 0.15) is 0 Å². The van der Waals surface area contributed by atoms with Gasteiger partial charge in [-0.25, -0.2) is 0 Å². The lowest BCUT2D eigenvalue weighted by atomic mass is 10.1. The van der Waals surface area contributed by atoms with E-state index in [1.54, 1.807) is 23.9 Å². The highest BCUT2D eigenvalue weighted by Gasteiger charge is 2.25. The predicted octanol–water partition coefficient (Wildman–Crippen LogP) is 1.99. The monoisotopic (exact) mass is 282 g/mol. The molecule has 6 nitrogen and oxygen atoms in total. The van der Waals surface area contributed by atoms with Crippen LogP contribution in [-0.2, 0) is 4.79 Å². The number of non-ortho nitro benzene ring substituents is 1. The van der Waals surface area contributed by atoms with E-state index < -0.39 is 10.9 Å². The van der Waals surface area contributed by atoms with Gasteiger partial charge in [0.15, 0.2) is 0 Å². The number of nitrogens with zero attached hydrogens (tertiary/aromatic N) is 2. The third kappa shape index (κ3) is 3.37. The van der Waals surface area contributed by atoms with E-state index in [2.05, 4.69) is 0 Å². The minimum Gasteiger partial charge on any atom is -0.481 e. The Morgan fingerprint density at radius 2 is 2.16 bits per heavy atom. The minimum atomic E-state index is -0.820. The van der Waals surface area contributed by atoms with Crippen LogP contribution >= 0.6 is 11.8 Å². The van der Waals surface area contributed by atoms with Crippen LogP contribution in [-0.4, -0.2) is 40.1 Å². The molecule has 0 bridgehead atoms. The summed E-state index contributed by atoms with van der Waals surface area (Å²) >= 11 is 1.74. The third-order valence-electron chi connectivity index (χ3n) is 3.03. The summed E-state index contributed by atoms with van der Waals surface area (Å²) in [6.07, 6.45) is 0.0873. The Hall–Kier alpha value is -1.76. The number of rotatable bonds is 4. The lowest BCUT2D eigenvalue weighted by molar-refractivity contribution is -0.384. The van der Waals surface area contributed by atoms with Crippen molar-refractivity contribution in [3.63, 3.8) is 0 Å². The molecule has 19 heavy (non-hydrogen) atoms. The smallest absolute Gasteiger partial charge is 0.305 e. The molecule has 102 valence electrons.